The lowest BCUT2D eigenvalue weighted by atomic mass is 10.2. The number of sulfone groups is 1. The van der Waals surface area contributed by atoms with Gasteiger partial charge in [0, 0.05) is 6.42 Å². The highest BCUT2D eigenvalue weighted by Crippen LogP contribution is 2.24. The standard InChI is InChI=1S/C8H12N2O4S/c1-2-7(11)10-6-4-15(13,14)3-5(6)9-8(10)12/h5-6H,2-4H2,1H3,(H,9,12)/t5-,6+/m1/s1. The number of hydrogen-bond acceptors (Lipinski definition) is 4. The van der Waals surface area contributed by atoms with Crippen molar-refractivity contribution in [2.45, 2.75) is 25.4 Å². The molecular weight excluding hydrogens is 220 g/mol. The van der Waals surface area contributed by atoms with Crippen LogP contribution in [0.4, 0.5) is 4.79 Å². The van der Waals surface area contributed by atoms with Crippen LogP contribution in [0.3, 0.4) is 0 Å². The maximum Gasteiger partial charge on any atom is 0.324 e. The maximum atomic E-state index is 11.4. The molecule has 2 saturated heterocycles. The van der Waals surface area contributed by atoms with Crippen LogP contribution in [0, 0.1) is 0 Å². The Bertz CT molecular complexity index is 408. The second-order valence-corrected chi connectivity index (χ2v) is 5.97. The zero-order valence-corrected chi connectivity index (χ0v) is 9.08. The van der Waals surface area contributed by atoms with Gasteiger partial charge in [0.1, 0.15) is 0 Å². The fourth-order valence-corrected chi connectivity index (χ4v) is 3.96. The molecule has 2 aliphatic heterocycles. The molecule has 0 aromatic carbocycles. The summed E-state index contributed by atoms with van der Waals surface area (Å²) in [5.74, 6) is -0.490. The summed E-state index contributed by atoms with van der Waals surface area (Å²) in [5, 5.41) is 2.52. The van der Waals surface area contributed by atoms with Gasteiger partial charge >= 0.3 is 6.03 Å². The van der Waals surface area contributed by atoms with Crippen LogP contribution in [0.25, 0.3) is 0 Å². The average molecular weight is 232 g/mol. The van der Waals surface area contributed by atoms with Crippen LogP contribution < -0.4 is 5.32 Å². The highest BCUT2D eigenvalue weighted by molar-refractivity contribution is 7.91. The van der Waals surface area contributed by atoms with Gasteiger partial charge in [-0.15, -0.1) is 0 Å². The summed E-state index contributed by atoms with van der Waals surface area (Å²) in [7, 11) is -3.11. The molecule has 2 fully saturated rings. The molecule has 2 aliphatic rings. The molecule has 6 nitrogen and oxygen atoms in total. The molecule has 2 rings (SSSR count). The SMILES string of the molecule is CCC(=O)N1C(=O)N[C@@H]2CS(=O)(=O)C[C@@H]21. The predicted octanol–water partition coefficient (Wildman–Crippen LogP) is -0.886. The van der Waals surface area contributed by atoms with Gasteiger partial charge in [0.25, 0.3) is 0 Å². The van der Waals surface area contributed by atoms with Crippen molar-refractivity contribution in [1.29, 1.82) is 0 Å². The number of urea groups is 1. The van der Waals surface area contributed by atoms with Crippen molar-refractivity contribution in [3.63, 3.8) is 0 Å². The first-order chi connectivity index (χ1) is 6.94. The lowest BCUT2D eigenvalue weighted by Gasteiger charge is -2.17. The molecule has 7 heteroatoms. The van der Waals surface area contributed by atoms with Gasteiger partial charge in [-0.25, -0.2) is 13.2 Å². The van der Waals surface area contributed by atoms with Crippen molar-refractivity contribution in [3.05, 3.63) is 0 Å². The Hall–Kier alpha value is -1.11. The van der Waals surface area contributed by atoms with E-state index in [1.165, 1.54) is 0 Å². The molecule has 3 amide bonds. The van der Waals surface area contributed by atoms with Crippen LogP contribution in [-0.4, -0.2) is 48.8 Å². The van der Waals surface area contributed by atoms with E-state index in [0.717, 1.165) is 4.90 Å². The lowest BCUT2D eigenvalue weighted by molar-refractivity contribution is -0.128. The summed E-state index contributed by atoms with van der Waals surface area (Å²) in [6.45, 7) is 1.65. The Kier molecular flexibility index (Phi) is 2.22. The number of nitrogens with zero attached hydrogens (tertiary/aromatic N) is 1. The van der Waals surface area contributed by atoms with E-state index < -0.39 is 28.0 Å². The van der Waals surface area contributed by atoms with Crippen molar-refractivity contribution in [1.82, 2.24) is 10.2 Å². The van der Waals surface area contributed by atoms with Gasteiger partial charge in [-0.1, -0.05) is 6.92 Å². The minimum Gasteiger partial charge on any atom is -0.332 e. The number of nitrogens with one attached hydrogen (secondary N) is 1. The summed E-state index contributed by atoms with van der Waals surface area (Å²) in [4.78, 5) is 23.9. The molecule has 2 atom stereocenters. The second kappa shape index (κ2) is 3.19. The Balaban J connectivity index is 2.27. The van der Waals surface area contributed by atoms with E-state index in [-0.39, 0.29) is 23.8 Å². The minimum absolute atomic E-state index is 0.0586. The Morgan fingerprint density at radius 1 is 1.53 bits per heavy atom. The quantitative estimate of drug-likeness (QED) is 0.595. The largest absolute Gasteiger partial charge is 0.332 e. The van der Waals surface area contributed by atoms with E-state index >= 15 is 0 Å². The molecule has 2 heterocycles. The normalized spacial score (nSPS) is 32.6. The van der Waals surface area contributed by atoms with Crippen molar-refractivity contribution < 1.29 is 18.0 Å². The van der Waals surface area contributed by atoms with E-state index in [4.69, 9.17) is 0 Å². The van der Waals surface area contributed by atoms with Crippen LogP contribution in [-0.2, 0) is 14.6 Å². The molecule has 0 aromatic heterocycles. The third-order valence-electron chi connectivity index (χ3n) is 2.75. The van der Waals surface area contributed by atoms with Crippen LogP contribution in [0.5, 0.6) is 0 Å². The summed E-state index contributed by atoms with van der Waals surface area (Å²) in [6.07, 6.45) is 0.205. The highest BCUT2D eigenvalue weighted by atomic mass is 32.2. The predicted molar refractivity (Wildman–Crippen MR) is 51.9 cm³/mol. The lowest BCUT2D eigenvalue weighted by Crippen LogP contribution is -2.41. The molecule has 0 spiro atoms. The van der Waals surface area contributed by atoms with Crippen molar-refractivity contribution >= 4 is 21.8 Å². The number of carbonyl (C=O) groups excluding carboxylic acids is 2. The monoisotopic (exact) mass is 232 g/mol. The maximum absolute atomic E-state index is 11.4. The minimum atomic E-state index is -3.11. The Morgan fingerprint density at radius 3 is 2.80 bits per heavy atom. The van der Waals surface area contributed by atoms with Gasteiger partial charge in [-0.3, -0.25) is 9.69 Å². The van der Waals surface area contributed by atoms with E-state index in [2.05, 4.69) is 5.32 Å². The number of fused-ring (bicyclic) bond motifs is 1. The van der Waals surface area contributed by atoms with Crippen LogP contribution in [0.15, 0.2) is 0 Å². The molecule has 0 aromatic rings. The van der Waals surface area contributed by atoms with Gasteiger partial charge < -0.3 is 5.32 Å². The topological polar surface area (TPSA) is 83.6 Å². The Morgan fingerprint density at radius 2 is 2.20 bits per heavy atom. The van der Waals surface area contributed by atoms with Gasteiger partial charge in [0.15, 0.2) is 9.84 Å². The molecule has 0 unspecified atom stereocenters. The molecule has 84 valence electrons. The number of rotatable bonds is 1. The van der Waals surface area contributed by atoms with Crippen molar-refractivity contribution in [2.75, 3.05) is 11.5 Å². The number of imide groups is 1. The van der Waals surface area contributed by atoms with Gasteiger partial charge in [0.2, 0.25) is 5.91 Å². The molecule has 0 saturated carbocycles. The molecule has 0 radical (unpaired) electrons. The molecule has 15 heavy (non-hydrogen) atoms. The zero-order chi connectivity index (χ0) is 11.2. The summed E-state index contributed by atoms with van der Waals surface area (Å²) >= 11 is 0. The fourth-order valence-electron chi connectivity index (χ4n) is 2.07. The summed E-state index contributed by atoms with van der Waals surface area (Å²) < 4.78 is 22.6. The number of amides is 3. The first kappa shape index (κ1) is 10.4. The van der Waals surface area contributed by atoms with Crippen molar-refractivity contribution in [2.24, 2.45) is 0 Å². The smallest absolute Gasteiger partial charge is 0.324 e. The summed E-state index contributed by atoms with van der Waals surface area (Å²) in [5.41, 5.74) is 0. The Labute approximate surface area is 87.5 Å². The van der Waals surface area contributed by atoms with E-state index in [1.54, 1.807) is 6.92 Å². The van der Waals surface area contributed by atoms with Crippen LogP contribution >= 0.6 is 0 Å². The van der Waals surface area contributed by atoms with Crippen LogP contribution in [0.1, 0.15) is 13.3 Å². The summed E-state index contributed by atoms with van der Waals surface area (Å²) in [6, 6.07) is -1.39. The van der Waals surface area contributed by atoms with Gasteiger partial charge in [-0.2, -0.15) is 0 Å². The average Bonchev–Trinajstić information content (AvgIpc) is 2.54. The second-order valence-electron chi connectivity index (χ2n) is 3.82. The van der Waals surface area contributed by atoms with E-state index in [1.807, 2.05) is 0 Å². The first-order valence-electron chi connectivity index (χ1n) is 4.77. The van der Waals surface area contributed by atoms with Gasteiger partial charge in [-0.05, 0) is 0 Å². The number of carbonyl (C=O) groups is 2. The third kappa shape index (κ3) is 1.60. The van der Waals surface area contributed by atoms with Crippen molar-refractivity contribution in [3.8, 4) is 0 Å². The van der Waals surface area contributed by atoms with E-state index in [9.17, 15) is 18.0 Å². The molecular formula is C8H12N2O4S. The first-order valence-corrected chi connectivity index (χ1v) is 6.59. The zero-order valence-electron chi connectivity index (χ0n) is 8.26. The third-order valence-corrected chi connectivity index (χ3v) is 4.47. The van der Waals surface area contributed by atoms with E-state index in [0.29, 0.717) is 0 Å². The molecule has 1 N–H and O–H groups in total. The van der Waals surface area contributed by atoms with Crippen LogP contribution in [0.2, 0.25) is 0 Å². The number of hydrogen-bond donors (Lipinski definition) is 1. The van der Waals surface area contributed by atoms with Gasteiger partial charge in [0.05, 0.1) is 23.6 Å². The highest BCUT2D eigenvalue weighted by Gasteiger charge is 2.50. The fraction of sp³-hybridized carbons (Fsp3) is 0.750. The molecule has 0 aliphatic carbocycles. The molecule has 0 bridgehead atoms.